The number of ether oxygens (including phenoxy) is 2. The molecule has 0 saturated carbocycles. The third-order valence-corrected chi connectivity index (χ3v) is 4.95. The van der Waals surface area contributed by atoms with E-state index in [1.807, 2.05) is 6.07 Å². The van der Waals surface area contributed by atoms with Crippen molar-refractivity contribution < 1.29 is 9.47 Å². The van der Waals surface area contributed by atoms with E-state index in [4.69, 9.17) is 9.47 Å². The molecule has 0 spiro atoms. The second kappa shape index (κ2) is 5.48. The molecule has 3 saturated heterocycles. The molecule has 5 heteroatoms. The normalized spacial score (nSPS) is 31.4. The highest BCUT2D eigenvalue weighted by Gasteiger charge is 2.31. The molecule has 21 heavy (non-hydrogen) atoms. The summed E-state index contributed by atoms with van der Waals surface area (Å²) in [6, 6.07) is 7.21. The Bertz CT molecular complexity index is 514. The summed E-state index contributed by atoms with van der Waals surface area (Å²) in [7, 11) is 0. The molecule has 3 fully saturated rings. The maximum Gasteiger partial charge on any atom is 0.231 e. The Labute approximate surface area is 125 Å². The molecule has 0 radical (unpaired) electrons. The minimum Gasteiger partial charge on any atom is -0.454 e. The van der Waals surface area contributed by atoms with Gasteiger partial charge in [0.2, 0.25) is 6.79 Å². The Hall–Kier alpha value is -1.30. The van der Waals surface area contributed by atoms with Crippen LogP contribution in [0.5, 0.6) is 11.5 Å². The van der Waals surface area contributed by atoms with Gasteiger partial charge in [0.15, 0.2) is 11.5 Å². The van der Waals surface area contributed by atoms with Crippen molar-refractivity contribution in [3.05, 3.63) is 23.8 Å². The topological polar surface area (TPSA) is 37.0 Å². The van der Waals surface area contributed by atoms with Crippen LogP contribution in [0.15, 0.2) is 18.2 Å². The highest BCUT2D eigenvalue weighted by Crippen LogP contribution is 2.34. The Morgan fingerprint density at radius 1 is 1.19 bits per heavy atom. The molecule has 0 aromatic heterocycles. The Kier molecular flexibility index (Phi) is 3.49. The molecule has 5 rings (SSSR count). The highest BCUT2D eigenvalue weighted by atomic mass is 16.7. The van der Waals surface area contributed by atoms with Gasteiger partial charge in [0, 0.05) is 51.4 Å². The van der Waals surface area contributed by atoms with E-state index in [1.165, 1.54) is 38.3 Å². The summed E-state index contributed by atoms with van der Waals surface area (Å²) in [5.74, 6) is 1.72. The van der Waals surface area contributed by atoms with Gasteiger partial charge >= 0.3 is 0 Å². The second-order valence-electron chi connectivity index (χ2n) is 6.23. The van der Waals surface area contributed by atoms with Gasteiger partial charge in [0.25, 0.3) is 0 Å². The van der Waals surface area contributed by atoms with Crippen molar-refractivity contribution in [1.29, 1.82) is 0 Å². The maximum atomic E-state index is 5.46. The lowest BCUT2D eigenvalue weighted by molar-refractivity contribution is 0.0129. The van der Waals surface area contributed by atoms with Gasteiger partial charge in [-0.3, -0.25) is 9.80 Å². The van der Waals surface area contributed by atoms with Crippen LogP contribution >= 0.6 is 0 Å². The van der Waals surface area contributed by atoms with Crippen LogP contribution in [0, 0.1) is 0 Å². The fourth-order valence-electron chi connectivity index (χ4n) is 3.53. The number of nitrogens with zero attached hydrogens (tertiary/aromatic N) is 2. The molecule has 4 heterocycles. The molecule has 0 amide bonds. The van der Waals surface area contributed by atoms with Crippen LogP contribution in [0.1, 0.15) is 18.5 Å². The zero-order chi connectivity index (χ0) is 14.2. The van der Waals surface area contributed by atoms with Crippen LogP contribution in [0.25, 0.3) is 0 Å². The predicted octanol–water partition coefficient (Wildman–Crippen LogP) is 1.07. The first-order valence-electron chi connectivity index (χ1n) is 7.89. The number of piperazine rings is 3. The minimum atomic E-state index is 0.330. The lowest BCUT2D eigenvalue weighted by atomic mass is 10.1. The van der Waals surface area contributed by atoms with Crippen LogP contribution in [0.3, 0.4) is 0 Å². The van der Waals surface area contributed by atoms with Gasteiger partial charge in [0.05, 0.1) is 0 Å². The second-order valence-corrected chi connectivity index (χ2v) is 6.23. The highest BCUT2D eigenvalue weighted by molar-refractivity contribution is 5.45. The smallest absolute Gasteiger partial charge is 0.231 e. The van der Waals surface area contributed by atoms with E-state index in [2.05, 4.69) is 34.2 Å². The summed E-state index contributed by atoms with van der Waals surface area (Å²) in [5, 5.41) is 3.68. The number of fused-ring (bicyclic) bond motifs is 4. The molecule has 0 unspecified atom stereocenters. The molecule has 5 nitrogen and oxygen atoms in total. The van der Waals surface area contributed by atoms with E-state index in [9.17, 15) is 0 Å². The molecule has 1 N–H and O–H groups in total. The summed E-state index contributed by atoms with van der Waals surface area (Å²) in [5.41, 5.74) is 1.26. The molecule has 1 aromatic rings. The summed E-state index contributed by atoms with van der Waals surface area (Å²) >= 11 is 0. The number of nitrogens with one attached hydrogen (secondary N) is 1. The first-order valence-corrected chi connectivity index (χ1v) is 7.89. The quantitative estimate of drug-likeness (QED) is 0.897. The monoisotopic (exact) mass is 289 g/mol. The summed E-state index contributed by atoms with van der Waals surface area (Å²) in [6.07, 6.45) is 0. The van der Waals surface area contributed by atoms with Crippen molar-refractivity contribution in [3.63, 3.8) is 0 Å². The molecule has 4 aliphatic rings. The van der Waals surface area contributed by atoms with Crippen molar-refractivity contribution in [2.45, 2.75) is 19.0 Å². The van der Waals surface area contributed by atoms with E-state index >= 15 is 0 Å². The Morgan fingerprint density at radius 3 is 2.76 bits per heavy atom. The van der Waals surface area contributed by atoms with E-state index in [0.29, 0.717) is 18.9 Å². The van der Waals surface area contributed by atoms with Gasteiger partial charge in [0.1, 0.15) is 0 Å². The third-order valence-electron chi connectivity index (χ3n) is 4.95. The SMILES string of the molecule is C[C@H](NC[C@@H]1CN2CCN1CC2)c1ccc2c(c1)OCO2. The Balaban J connectivity index is 1.36. The van der Waals surface area contributed by atoms with Gasteiger partial charge in [-0.2, -0.15) is 0 Å². The molecule has 2 atom stereocenters. The van der Waals surface area contributed by atoms with Crippen molar-refractivity contribution in [2.24, 2.45) is 0 Å². The maximum absolute atomic E-state index is 5.46. The first-order chi connectivity index (χ1) is 10.3. The Morgan fingerprint density at radius 2 is 2.00 bits per heavy atom. The molecule has 1 aromatic carbocycles. The van der Waals surface area contributed by atoms with E-state index < -0.39 is 0 Å². The fraction of sp³-hybridized carbons (Fsp3) is 0.625. The fourth-order valence-corrected chi connectivity index (χ4v) is 3.53. The number of rotatable bonds is 4. The summed E-state index contributed by atoms with van der Waals surface area (Å²) in [4.78, 5) is 5.21. The average molecular weight is 289 g/mol. The molecular formula is C16H23N3O2. The van der Waals surface area contributed by atoms with Crippen molar-refractivity contribution in [2.75, 3.05) is 46.1 Å². The van der Waals surface area contributed by atoms with Gasteiger partial charge in [-0.05, 0) is 24.6 Å². The lowest BCUT2D eigenvalue weighted by Gasteiger charge is -2.47. The molecule has 4 aliphatic heterocycles. The van der Waals surface area contributed by atoms with E-state index in [1.54, 1.807) is 0 Å². The molecule has 2 bridgehead atoms. The van der Waals surface area contributed by atoms with E-state index in [-0.39, 0.29) is 0 Å². The van der Waals surface area contributed by atoms with Crippen LogP contribution in [-0.4, -0.2) is 61.9 Å². The average Bonchev–Trinajstić information content (AvgIpc) is 3.01. The van der Waals surface area contributed by atoms with Crippen molar-refractivity contribution in [1.82, 2.24) is 15.1 Å². The van der Waals surface area contributed by atoms with Crippen molar-refractivity contribution >= 4 is 0 Å². The van der Waals surface area contributed by atoms with Crippen LogP contribution in [0.2, 0.25) is 0 Å². The largest absolute Gasteiger partial charge is 0.454 e. The first kappa shape index (κ1) is 13.4. The van der Waals surface area contributed by atoms with Crippen LogP contribution in [0.4, 0.5) is 0 Å². The molecular weight excluding hydrogens is 266 g/mol. The van der Waals surface area contributed by atoms with Crippen LogP contribution < -0.4 is 14.8 Å². The van der Waals surface area contributed by atoms with Crippen LogP contribution in [-0.2, 0) is 0 Å². The van der Waals surface area contributed by atoms with Crippen molar-refractivity contribution in [3.8, 4) is 11.5 Å². The number of benzene rings is 1. The standard InChI is InChI=1S/C16H23N3O2/c1-12(13-2-3-15-16(8-13)21-11-20-15)17-9-14-10-18-4-6-19(14)7-5-18/h2-3,8,12,14,17H,4-7,9-11H2,1H3/t12-,14+/m0/s1. The molecule has 0 aliphatic carbocycles. The number of hydrogen-bond donors (Lipinski definition) is 1. The van der Waals surface area contributed by atoms with Gasteiger partial charge in [-0.1, -0.05) is 6.07 Å². The lowest BCUT2D eigenvalue weighted by Crippen LogP contribution is -2.63. The summed E-state index contributed by atoms with van der Waals surface area (Å²) in [6.45, 7) is 9.76. The minimum absolute atomic E-state index is 0.330. The summed E-state index contributed by atoms with van der Waals surface area (Å²) < 4.78 is 10.8. The zero-order valence-electron chi connectivity index (χ0n) is 12.5. The van der Waals surface area contributed by atoms with Gasteiger partial charge in [-0.15, -0.1) is 0 Å². The van der Waals surface area contributed by atoms with E-state index in [0.717, 1.165) is 18.0 Å². The van der Waals surface area contributed by atoms with Gasteiger partial charge < -0.3 is 14.8 Å². The zero-order valence-corrected chi connectivity index (χ0v) is 12.5. The predicted molar refractivity (Wildman–Crippen MR) is 80.8 cm³/mol. The van der Waals surface area contributed by atoms with Gasteiger partial charge in [-0.25, -0.2) is 0 Å². The molecule has 114 valence electrons. The number of hydrogen-bond acceptors (Lipinski definition) is 5. The third kappa shape index (κ3) is 2.61.